The number of hydrogen-bond acceptors (Lipinski definition) is 5. The highest BCUT2D eigenvalue weighted by molar-refractivity contribution is 7.32. The first kappa shape index (κ1) is 22.2. The summed E-state index contributed by atoms with van der Waals surface area (Å²) >= 11 is 0. The Balaban J connectivity index is 0.000000765. The molecule has 0 bridgehead atoms. The number of pyridine rings is 1. The molecule has 2 rings (SSSR count). The summed E-state index contributed by atoms with van der Waals surface area (Å²) in [6.45, 7) is 6.09. The van der Waals surface area contributed by atoms with Crippen molar-refractivity contribution in [2.24, 2.45) is 0 Å². The van der Waals surface area contributed by atoms with E-state index >= 15 is 0 Å². The lowest BCUT2D eigenvalue weighted by atomic mass is 10.00. The van der Waals surface area contributed by atoms with Gasteiger partial charge in [0.15, 0.2) is 11.5 Å². The van der Waals surface area contributed by atoms with Crippen molar-refractivity contribution in [2.75, 3.05) is 7.11 Å². The van der Waals surface area contributed by atoms with Crippen LogP contribution in [0.5, 0.6) is 11.5 Å². The molecule has 1 aromatic heterocycles. The molecule has 2 unspecified atom stereocenters. The fourth-order valence-corrected chi connectivity index (χ4v) is 2.66. The van der Waals surface area contributed by atoms with Crippen LogP contribution in [-0.4, -0.2) is 22.1 Å². The Labute approximate surface area is 155 Å². The summed E-state index contributed by atoms with van der Waals surface area (Å²) in [6, 6.07) is 6.97. The summed E-state index contributed by atoms with van der Waals surface area (Å²) in [6.07, 6.45) is 5.73. The largest absolute Gasteiger partial charge is 0.504 e. The van der Waals surface area contributed by atoms with Crippen molar-refractivity contribution >= 4 is 8.25 Å². The van der Waals surface area contributed by atoms with Gasteiger partial charge in [-0.3, -0.25) is 9.55 Å². The molecule has 0 radical (unpaired) electrons. The van der Waals surface area contributed by atoms with Crippen LogP contribution in [0.2, 0.25) is 0 Å². The van der Waals surface area contributed by atoms with Crippen LogP contribution in [-0.2, 0) is 15.5 Å². The van der Waals surface area contributed by atoms with Gasteiger partial charge in [-0.05, 0) is 41.8 Å². The number of rotatable bonds is 7. The molecular weight excluding hydrogens is 353 g/mol. The van der Waals surface area contributed by atoms with Gasteiger partial charge in [0, 0.05) is 18.8 Å². The molecule has 26 heavy (non-hydrogen) atoms. The zero-order valence-electron chi connectivity index (χ0n) is 15.7. The summed E-state index contributed by atoms with van der Waals surface area (Å²) in [4.78, 5) is 13.2. The molecule has 0 saturated carbocycles. The molecule has 2 atom stereocenters. The van der Waals surface area contributed by atoms with Crippen molar-refractivity contribution < 1.29 is 23.8 Å². The van der Waals surface area contributed by atoms with Crippen LogP contribution in [0.25, 0.3) is 0 Å². The van der Waals surface area contributed by atoms with Gasteiger partial charge < -0.3 is 19.3 Å². The van der Waals surface area contributed by atoms with E-state index in [2.05, 4.69) is 18.8 Å². The number of hydrogen-bond donors (Lipinski definition) is 2. The van der Waals surface area contributed by atoms with E-state index in [0.717, 1.165) is 5.56 Å². The van der Waals surface area contributed by atoms with E-state index in [0.29, 0.717) is 23.3 Å². The average Bonchev–Trinajstić information content (AvgIpc) is 2.64. The SMILES string of the molecule is CCCC.COc1cc(C(Cc2cccnc2)O[PH](=O)O)cc(C)c1O. The number of ether oxygens (including phenoxy) is 1. The summed E-state index contributed by atoms with van der Waals surface area (Å²) in [5.41, 5.74) is 2.13. The number of aromatic nitrogens is 1. The minimum atomic E-state index is -3.12. The Bertz CT molecular complexity index is 692. The maximum Gasteiger partial charge on any atom is 0.317 e. The predicted octanol–water partition coefficient (Wildman–Crippen LogP) is 4.59. The van der Waals surface area contributed by atoms with E-state index in [-0.39, 0.29) is 5.75 Å². The first-order valence-corrected chi connectivity index (χ1v) is 9.85. The number of phenols is 1. The quantitative estimate of drug-likeness (QED) is 0.682. The van der Waals surface area contributed by atoms with E-state index in [1.54, 1.807) is 37.5 Å². The second-order valence-corrected chi connectivity index (χ2v) is 6.59. The van der Waals surface area contributed by atoms with Gasteiger partial charge in [0.1, 0.15) is 0 Å². The van der Waals surface area contributed by atoms with Crippen molar-refractivity contribution in [3.8, 4) is 11.5 Å². The van der Waals surface area contributed by atoms with Crippen molar-refractivity contribution in [2.45, 2.75) is 46.1 Å². The zero-order valence-corrected chi connectivity index (χ0v) is 16.7. The molecule has 1 heterocycles. The summed E-state index contributed by atoms with van der Waals surface area (Å²) in [5.74, 6) is 0.343. The van der Waals surface area contributed by atoms with Crippen LogP contribution in [0.15, 0.2) is 36.7 Å². The second kappa shape index (κ2) is 11.7. The summed E-state index contributed by atoms with van der Waals surface area (Å²) in [5, 5.41) is 9.89. The topological polar surface area (TPSA) is 88.9 Å². The number of aryl methyl sites for hydroxylation is 1. The number of phenolic OH excluding ortho intramolecular Hbond substituents is 1. The first-order chi connectivity index (χ1) is 12.4. The Morgan fingerprint density at radius 2 is 1.96 bits per heavy atom. The molecule has 0 amide bonds. The van der Waals surface area contributed by atoms with Gasteiger partial charge >= 0.3 is 8.25 Å². The van der Waals surface area contributed by atoms with Crippen LogP contribution in [0.1, 0.15) is 49.5 Å². The van der Waals surface area contributed by atoms with Gasteiger partial charge in [-0.1, -0.05) is 32.8 Å². The summed E-state index contributed by atoms with van der Waals surface area (Å²) < 4.78 is 21.4. The fourth-order valence-electron chi connectivity index (χ4n) is 2.20. The monoisotopic (exact) mass is 381 g/mol. The molecule has 6 nitrogen and oxygen atoms in total. The van der Waals surface area contributed by atoms with Crippen molar-refractivity contribution in [3.63, 3.8) is 0 Å². The van der Waals surface area contributed by atoms with E-state index in [9.17, 15) is 9.67 Å². The van der Waals surface area contributed by atoms with Gasteiger partial charge in [-0.15, -0.1) is 0 Å². The molecule has 0 aliphatic heterocycles. The van der Waals surface area contributed by atoms with Crippen LogP contribution in [0.3, 0.4) is 0 Å². The molecule has 144 valence electrons. The van der Waals surface area contributed by atoms with E-state index in [1.165, 1.54) is 20.0 Å². The smallest absolute Gasteiger partial charge is 0.317 e. The van der Waals surface area contributed by atoms with Crippen molar-refractivity contribution in [3.05, 3.63) is 53.3 Å². The number of methoxy groups -OCH3 is 1. The second-order valence-electron chi connectivity index (χ2n) is 5.83. The molecule has 7 heteroatoms. The molecule has 0 saturated heterocycles. The minimum absolute atomic E-state index is 0.0445. The van der Waals surface area contributed by atoms with Crippen LogP contribution in [0, 0.1) is 6.92 Å². The molecule has 0 spiro atoms. The fraction of sp³-hybridized carbons (Fsp3) is 0.421. The highest BCUT2D eigenvalue weighted by atomic mass is 31.1. The normalized spacial score (nSPS) is 12.7. The predicted molar refractivity (Wildman–Crippen MR) is 103 cm³/mol. The Hall–Kier alpha value is -1.88. The molecule has 0 aliphatic rings. The van der Waals surface area contributed by atoms with Crippen molar-refractivity contribution in [1.29, 1.82) is 0 Å². The Kier molecular flexibility index (Phi) is 9.96. The molecular formula is C19H28NO5P. The molecule has 0 fully saturated rings. The molecule has 0 aliphatic carbocycles. The van der Waals surface area contributed by atoms with Crippen molar-refractivity contribution in [1.82, 2.24) is 4.98 Å². The van der Waals surface area contributed by atoms with E-state index in [4.69, 9.17) is 14.2 Å². The van der Waals surface area contributed by atoms with Crippen LogP contribution in [0.4, 0.5) is 0 Å². The Morgan fingerprint density at radius 3 is 2.46 bits per heavy atom. The zero-order chi connectivity index (χ0) is 19.5. The molecule has 1 aromatic carbocycles. The third-order valence-electron chi connectivity index (χ3n) is 3.77. The lowest BCUT2D eigenvalue weighted by Crippen LogP contribution is -2.05. The third-order valence-corrected chi connectivity index (χ3v) is 4.25. The maximum absolute atomic E-state index is 11.1. The Morgan fingerprint density at radius 1 is 1.27 bits per heavy atom. The maximum atomic E-state index is 11.1. The number of benzene rings is 1. The van der Waals surface area contributed by atoms with Crippen LogP contribution < -0.4 is 4.74 Å². The summed E-state index contributed by atoms with van der Waals surface area (Å²) in [7, 11) is -1.67. The van der Waals surface area contributed by atoms with Gasteiger partial charge in [0.05, 0.1) is 13.2 Å². The van der Waals surface area contributed by atoms with Gasteiger partial charge in [0.25, 0.3) is 0 Å². The first-order valence-electron chi connectivity index (χ1n) is 8.58. The van der Waals surface area contributed by atoms with Crippen LogP contribution >= 0.6 is 8.25 Å². The average molecular weight is 381 g/mol. The van der Waals surface area contributed by atoms with Gasteiger partial charge in [0.2, 0.25) is 0 Å². The molecule has 2 aromatic rings. The molecule has 2 N–H and O–H groups in total. The number of unbranched alkanes of at least 4 members (excludes halogenated alkanes) is 1. The number of aromatic hydroxyl groups is 1. The van der Waals surface area contributed by atoms with E-state index < -0.39 is 14.4 Å². The number of nitrogens with zero attached hydrogens (tertiary/aromatic N) is 1. The lowest BCUT2D eigenvalue weighted by Gasteiger charge is -2.18. The minimum Gasteiger partial charge on any atom is -0.504 e. The highest BCUT2D eigenvalue weighted by Gasteiger charge is 2.19. The highest BCUT2D eigenvalue weighted by Crippen LogP contribution is 2.37. The van der Waals surface area contributed by atoms with Gasteiger partial charge in [-0.2, -0.15) is 0 Å². The van der Waals surface area contributed by atoms with E-state index in [1.807, 2.05) is 6.07 Å². The lowest BCUT2D eigenvalue weighted by molar-refractivity contribution is 0.191. The van der Waals surface area contributed by atoms with Gasteiger partial charge in [-0.25, -0.2) is 0 Å². The standard InChI is InChI=1S/C15H18NO5P.C4H10/c1-10-6-12(8-14(20-2)15(10)17)13(21-22(18)19)7-11-4-3-5-16-9-11;1-3-4-2/h3-6,8-9,13,17,22H,7H2,1-2H3,(H,18,19);3-4H2,1-2H3. The third kappa shape index (κ3) is 7.16.